The molecule has 0 amide bonds. The number of aromatic amines is 1. The molecule has 1 N–H and O–H groups in total. The van der Waals surface area contributed by atoms with E-state index in [-0.39, 0.29) is 11.6 Å². The van der Waals surface area contributed by atoms with Crippen LogP contribution in [0.3, 0.4) is 0 Å². The van der Waals surface area contributed by atoms with Gasteiger partial charge in [-0.2, -0.15) is 10.2 Å². The predicted molar refractivity (Wildman–Crippen MR) is 114 cm³/mol. The SMILES string of the molecule is Cn1cc(-c2cccnc2Cc2nc3c(cnn3C3CCC(C)(F)CC3)c(=O)[nH]2)cn1. The molecule has 1 fully saturated rings. The van der Waals surface area contributed by atoms with Gasteiger partial charge in [-0.3, -0.25) is 14.5 Å². The molecule has 8 nitrogen and oxygen atoms in total. The molecule has 4 aromatic rings. The number of hydrogen-bond acceptors (Lipinski definition) is 5. The minimum Gasteiger partial charge on any atom is -0.310 e. The molecule has 1 aliphatic carbocycles. The van der Waals surface area contributed by atoms with Crippen LogP contribution in [0, 0.1) is 0 Å². The van der Waals surface area contributed by atoms with E-state index in [9.17, 15) is 9.18 Å². The molecular weight excluding hydrogens is 397 g/mol. The van der Waals surface area contributed by atoms with E-state index in [1.54, 1.807) is 34.9 Å². The number of alkyl halides is 1. The number of aromatic nitrogens is 7. The van der Waals surface area contributed by atoms with Crippen LogP contribution in [0.2, 0.25) is 0 Å². The van der Waals surface area contributed by atoms with Gasteiger partial charge in [0.25, 0.3) is 5.56 Å². The lowest BCUT2D eigenvalue weighted by molar-refractivity contribution is 0.103. The summed E-state index contributed by atoms with van der Waals surface area (Å²) in [5.74, 6) is 0.522. The van der Waals surface area contributed by atoms with E-state index in [1.807, 2.05) is 25.4 Å². The van der Waals surface area contributed by atoms with Crippen molar-refractivity contribution in [2.75, 3.05) is 0 Å². The van der Waals surface area contributed by atoms with Crippen molar-refractivity contribution < 1.29 is 4.39 Å². The first-order chi connectivity index (χ1) is 14.9. The molecule has 160 valence electrons. The Balaban J connectivity index is 1.50. The fourth-order valence-corrected chi connectivity index (χ4v) is 4.34. The standard InChI is InChI=1S/C22H24FN7O/c1-22(23)7-5-15(6-8-22)30-20-17(12-26-30)21(31)28-19(27-20)10-18-16(4-3-9-24-18)14-11-25-29(2)13-14/h3-4,9,11-13,15H,5-8,10H2,1-2H3,(H,27,28,31). The summed E-state index contributed by atoms with van der Waals surface area (Å²) in [5.41, 5.74) is 1.89. The maximum atomic E-state index is 14.2. The Kier molecular flexibility index (Phi) is 4.68. The molecule has 1 aliphatic rings. The van der Waals surface area contributed by atoms with Gasteiger partial charge in [0.1, 0.15) is 16.9 Å². The Morgan fingerprint density at radius 3 is 2.81 bits per heavy atom. The summed E-state index contributed by atoms with van der Waals surface area (Å²) in [6, 6.07) is 3.90. The smallest absolute Gasteiger partial charge is 0.262 e. The van der Waals surface area contributed by atoms with Crippen molar-refractivity contribution >= 4 is 11.0 Å². The van der Waals surface area contributed by atoms with Gasteiger partial charge >= 0.3 is 0 Å². The summed E-state index contributed by atoms with van der Waals surface area (Å²) in [6.07, 6.45) is 9.69. The van der Waals surface area contributed by atoms with Crippen molar-refractivity contribution in [2.24, 2.45) is 7.05 Å². The molecule has 1 saturated carbocycles. The topological polar surface area (TPSA) is 94.3 Å². The van der Waals surface area contributed by atoms with Crippen LogP contribution in [0.15, 0.2) is 41.7 Å². The van der Waals surface area contributed by atoms with Crippen molar-refractivity contribution in [3.8, 4) is 11.1 Å². The monoisotopic (exact) mass is 421 g/mol. The van der Waals surface area contributed by atoms with Gasteiger partial charge in [0.2, 0.25) is 0 Å². The van der Waals surface area contributed by atoms with Crippen LogP contribution in [-0.2, 0) is 13.5 Å². The maximum absolute atomic E-state index is 14.2. The lowest BCUT2D eigenvalue weighted by Crippen LogP contribution is -2.28. The number of H-pyrrole nitrogens is 1. The fourth-order valence-electron chi connectivity index (χ4n) is 4.34. The lowest BCUT2D eigenvalue weighted by atomic mass is 9.85. The Bertz CT molecular complexity index is 1290. The highest BCUT2D eigenvalue weighted by Crippen LogP contribution is 2.37. The van der Waals surface area contributed by atoms with E-state index in [4.69, 9.17) is 4.98 Å². The number of halogens is 1. The zero-order chi connectivity index (χ0) is 21.6. The number of nitrogens with one attached hydrogen (secondary N) is 1. The predicted octanol–water partition coefficient (Wildman–Crippen LogP) is 3.35. The first-order valence-electron chi connectivity index (χ1n) is 10.5. The van der Waals surface area contributed by atoms with E-state index in [0.29, 0.717) is 49.0 Å². The van der Waals surface area contributed by atoms with Crippen molar-refractivity contribution in [2.45, 2.75) is 50.7 Å². The van der Waals surface area contributed by atoms with Crippen LogP contribution in [-0.4, -0.2) is 40.2 Å². The van der Waals surface area contributed by atoms with E-state index in [2.05, 4.69) is 20.2 Å². The molecule has 0 atom stereocenters. The Morgan fingerprint density at radius 2 is 2.06 bits per heavy atom. The molecular formula is C22H24FN7O. The van der Waals surface area contributed by atoms with Gasteiger partial charge in [-0.25, -0.2) is 14.1 Å². The number of rotatable bonds is 4. The Hall–Kier alpha value is -3.36. The van der Waals surface area contributed by atoms with Crippen LogP contribution < -0.4 is 5.56 Å². The summed E-state index contributed by atoms with van der Waals surface area (Å²) >= 11 is 0. The first-order valence-corrected chi connectivity index (χ1v) is 10.5. The zero-order valence-electron chi connectivity index (χ0n) is 17.5. The number of aryl methyl sites for hydroxylation is 1. The molecule has 5 rings (SSSR count). The normalized spacial score (nSPS) is 21.6. The van der Waals surface area contributed by atoms with Crippen LogP contribution in [0.1, 0.15) is 50.2 Å². The molecule has 9 heteroatoms. The highest BCUT2D eigenvalue weighted by atomic mass is 19.1. The highest BCUT2D eigenvalue weighted by molar-refractivity contribution is 5.73. The van der Waals surface area contributed by atoms with Crippen molar-refractivity contribution in [1.82, 2.24) is 34.5 Å². The summed E-state index contributed by atoms with van der Waals surface area (Å²) in [5, 5.41) is 9.12. The summed E-state index contributed by atoms with van der Waals surface area (Å²) in [7, 11) is 1.87. The molecule has 31 heavy (non-hydrogen) atoms. The second kappa shape index (κ2) is 7.40. The van der Waals surface area contributed by atoms with Gasteiger partial charge in [0.15, 0.2) is 5.65 Å². The second-order valence-corrected chi connectivity index (χ2v) is 8.56. The molecule has 4 heterocycles. The minimum absolute atomic E-state index is 0.0456. The van der Waals surface area contributed by atoms with Crippen LogP contribution in [0.5, 0.6) is 0 Å². The fraction of sp³-hybridized carbons (Fsp3) is 0.409. The molecule has 0 spiro atoms. The average Bonchev–Trinajstić information content (AvgIpc) is 3.35. The number of pyridine rings is 1. The second-order valence-electron chi connectivity index (χ2n) is 8.56. The third kappa shape index (κ3) is 3.75. The summed E-state index contributed by atoms with van der Waals surface area (Å²) in [4.78, 5) is 24.8. The third-order valence-electron chi connectivity index (χ3n) is 6.10. The van der Waals surface area contributed by atoms with E-state index >= 15 is 0 Å². The summed E-state index contributed by atoms with van der Waals surface area (Å²) < 4.78 is 17.8. The molecule has 0 radical (unpaired) electrons. The van der Waals surface area contributed by atoms with Crippen LogP contribution in [0.25, 0.3) is 22.2 Å². The van der Waals surface area contributed by atoms with Gasteiger partial charge in [0, 0.05) is 37.0 Å². The molecule has 0 saturated heterocycles. The highest BCUT2D eigenvalue weighted by Gasteiger charge is 2.32. The number of hydrogen-bond donors (Lipinski definition) is 1. The van der Waals surface area contributed by atoms with Crippen LogP contribution >= 0.6 is 0 Å². The maximum Gasteiger partial charge on any atom is 0.262 e. The minimum atomic E-state index is -1.13. The quantitative estimate of drug-likeness (QED) is 0.545. The number of nitrogens with zero attached hydrogens (tertiary/aromatic N) is 6. The Morgan fingerprint density at radius 1 is 1.26 bits per heavy atom. The van der Waals surface area contributed by atoms with Gasteiger partial charge in [0.05, 0.1) is 24.1 Å². The van der Waals surface area contributed by atoms with Crippen molar-refractivity contribution in [3.05, 3.63) is 58.8 Å². The molecule has 4 aromatic heterocycles. The zero-order valence-corrected chi connectivity index (χ0v) is 17.5. The molecule has 0 aromatic carbocycles. The lowest BCUT2D eigenvalue weighted by Gasteiger charge is -2.31. The average molecular weight is 421 g/mol. The largest absolute Gasteiger partial charge is 0.310 e. The number of fused-ring (bicyclic) bond motifs is 1. The van der Waals surface area contributed by atoms with Gasteiger partial charge in [-0.05, 0) is 38.7 Å². The van der Waals surface area contributed by atoms with Gasteiger partial charge in [-0.15, -0.1) is 0 Å². The van der Waals surface area contributed by atoms with Crippen molar-refractivity contribution in [3.63, 3.8) is 0 Å². The molecule has 0 aliphatic heterocycles. The van der Waals surface area contributed by atoms with E-state index < -0.39 is 5.67 Å². The molecule has 0 unspecified atom stereocenters. The van der Waals surface area contributed by atoms with Crippen LogP contribution in [0.4, 0.5) is 4.39 Å². The third-order valence-corrected chi connectivity index (χ3v) is 6.10. The van der Waals surface area contributed by atoms with Gasteiger partial charge < -0.3 is 4.98 Å². The van der Waals surface area contributed by atoms with Gasteiger partial charge in [-0.1, -0.05) is 6.07 Å². The van der Waals surface area contributed by atoms with E-state index in [0.717, 1.165) is 16.8 Å². The van der Waals surface area contributed by atoms with E-state index in [1.165, 1.54) is 0 Å². The first kappa shape index (κ1) is 19.6. The Labute approximate surface area is 178 Å². The summed E-state index contributed by atoms with van der Waals surface area (Å²) in [6.45, 7) is 1.65. The van der Waals surface area contributed by atoms with Crippen molar-refractivity contribution in [1.29, 1.82) is 0 Å². The molecule has 0 bridgehead atoms.